The zero-order valence-electron chi connectivity index (χ0n) is 12.6. The normalized spacial score (nSPS) is 11.9. The minimum Gasteiger partial charge on any atom is -0.380 e. The van der Waals surface area contributed by atoms with Crippen LogP contribution in [0.25, 0.3) is 0 Å². The fourth-order valence-corrected chi connectivity index (χ4v) is 1.28. The van der Waals surface area contributed by atoms with Gasteiger partial charge in [-0.3, -0.25) is 4.79 Å². The smallest absolute Gasteiger partial charge is 0.234 e. The summed E-state index contributed by atoms with van der Waals surface area (Å²) >= 11 is 0. The van der Waals surface area contributed by atoms with Gasteiger partial charge in [0.25, 0.3) is 0 Å². The van der Waals surface area contributed by atoms with E-state index in [1.54, 1.807) is 0 Å². The first-order chi connectivity index (χ1) is 8.37. The van der Waals surface area contributed by atoms with Gasteiger partial charge in [0.1, 0.15) is 0 Å². The molecule has 4 nitrogen and oxygen atoms in total. The maximum absolute atomic E-state index is 11.6. The Morgan fingerprint density at radius 3 is 2.50 bits per heavy atom. The molecule has 0 aliphatic carbocycles. The molecule has 2 N–H and O–H groups in total. The maximum atomic E-state index is 11.6. The summed E-state index contributed by atoms with van der Waals surface area (Å²) in [6.45, 7) is 13.0. The number of hydrogen-bond donors (Lipinski definition) is 2. The van der Waals surface area contributed by atoms with Gasteiger partial charge in [0, 0.05) is 18.7 Å². The fourth-order valence-electron chi connectivity index (χ4n) is 1.28. The molecule has 1 amide bonds. The minimum atomic E-state index is -0.119. The molecule has 4 heteroatoms. The van der Waals surface area contributed by atoms with Crippen LogP contribution in [0.3, 0.4) is 0 Å². The first-order valence-electron chi connectivity index (χ1n) is 6.97. The van der Waals surface area contributed by atoms with Crippen molar-refractivity contribution >= 4 is 5.91 Å². The second kappa shape index (κ2) is 9.34. The summed E-state index contributed by atoms with van der Waals surface area (Å²) in [5, 5.41) is 6.06. The summed E-state index contributed by atoms with van der Waals surface area (Å²) in [5.41, 5.74) is -0.119. The van der Waals surface area contributed by atoms with Gasteiger partial charge in [-0.25, -0.2) is 0 Å². The first-order valence-corrected chi connectivity index (χ1v) is 6.97. The Bertz CT molecular complexity index is 228. The lowest BCUT2D eigenvalue weighted by atomic mass is 10.0. The predicted molar refractivity (Wildman–Crippen MR) is 75.7 cm³/mol. The van der Waals surface area contributed by atoms with E-state index in [4.69, 9.17) is 4.74 Å². The van der Waals surface area contributed by atoms with Gasteiger partial charge in [0.15, 0.2) is 0 Å². The third kappa shape index (κ3) is 10.5. The largest absolute Gasteiger partial charge is 0.380 e. The average Bonchev–Trinajstić information content (AvgIpc) is 2.26. The number of carbonyl (C=O) groups is 1. The van der Waals surface area contributed by atoms with E-state index in [9.17, 15) is 4.79 Å². The third-order valence-corrected chi connectivity index (χ3v) is 2.91. The van der Waals surface area contributed by atoms with Crippen molar-refractivity contribution in [2.45, 2.75) is 53.0 Å². The highest BCUT2D eigenvalue weighted by Crippen LogP contribution is 2.05. The molecule has 0 unspecified atom stereocenters. The molecule has 0 aromatic rings. The van der Waals surface area contributed by atoms with Crippen LogP contribution in [-0.4, -0.2) is 37.7 Å². The van der Waals surface area contributed by atoms with Gasteiger partial charge in [-0.15, -0.1) is 0 Å². The second-order valence-electron chi connectivity index (χ2n) is 5.76. The second-order valence-corrected chi connectivity index (χ2v) is 5.76. The molecule has 0 bridgehead atoms. The van der Waals surface area contributed by atoms with Crippen molar-refractivity contribution in [2.24, 2.45) is 5.92 Å². The van der Waals surface area contributed by atoms with Gasteiger partial charge in [-0.2, -0.15) is 0 Å². The quantitative estimate of drug-likeness (QED) is 0.589. The Balaban J connectivity index is 3.41. The van der Waals surface area contributed by atoms with Crippen molar-refractivity contribution in [3.63, 3.8) is 0 Å². The minimum absolute atomic E-state index is 0.0454. The van der Waals surface area contributed by atoms with Crippen molar-refractivity contribution in [1.29, 1.82) is 0 Å². The molecule has 0 saturated carbocycles. The zero-order chi connectivity index (χ0) is 14.0. The van der Waals surface area contributed by atoms with Crippen molar-refractivity contribution in [1.82, 2.24) is 10.6 Å². The summed E-state index contributed by atoms with van der Waals surface area (Å²) in [4.78, 5) is 11.6. The van der Waals surface area contributed by atoms with E-state index in [0.717, 1.165) is 26.0 Å². The van der Waals surface area contributed by atoms with Crippen LogP contribution >= 0.6 is 0 Å². The number of rotatable bonds is 10. The zero-order valence-corrected chi connectivity index (χ0v) is 12.6. The Labute approximate surface area is 112 Å². The molecule has 108 valence electrons. The fraction of sp³-hybridized carbons (Fsp3) is 0.929. The summed E-state index contributed by atoms with van der Waals surface area (Å²) in [6, 6.07) is 0. The highest BCUT2D eigenvalue weighted by Gasteiger charge is 2.16. The average molecular weight is 258 g/mol. The van der Waals surface area contributed by atoms with Gasteiger partial charge >= 0.3 is 0 Å². The molecule has 0 rings (SSSR count). The third-order valence-electron chi connectivity index (χ3n) is 2.91. The Hall–Kier alpha value is -0.610. The summed E-state index contributed by atoms with van der Waals surface area (Å²) in [7, 11) is 0. The van der Waals surface area contributed by atoms with Crippen molar-refractivity contribution in [2.75, 3.05) is 26.3 Å². The van der Waals surface area contributed by atoms with Crippen LogP contribution in [0, 0.1) is 5.92 Å². The highest BCUT2D eigenvalue weighted by molar-refractivity contribution is 5.78. The van der Waals surface area contributed by atoms with Crippen LogP contribution in [-0.2, 0) is 9.53 Å². The summed E-state index contributed by atoms with van der Waals surface area (Å²) in [5.74, 6) is 0.726. The van der Waals surface area contributed by atoms with Gasteiger partial charge in [-0.1, -0.05) is 20.8 Å². The lowest BCUT2D eigenvalue weighted by Gasteiger charge is -2.24. The van der Waals surface area contributed by atoms with Crippen LogP contribution < -0.4 is 10.6 Å². The van der Waals surface area contributed by atoms with Gasteiger partial charge < -0.3 is 15.4 Å². The summed E-state index contributed by atoms with van der Waals surface area (Å²) in [6.07, 6.45) is 2.02. The molecule has 0 aliphatic rings. The maximum Gasteiger partial charge on any atom is 0.234 e. The highest BCUT2D eigenvalue weighted by atomic mass is 16.5. The number of carbonyl (C=O) groups excluding carboxylic acids is 1. The molecule has 0 aliphatic heterocycles. The molecule has 0 heterocycles. The first kappa shape index (κ1) is 17.4. The molecule has 0 aromatic carbocycles. The molecular formula is C14H30N2O2. The van der Waals surface area contributed by atoms with E-state index in [0.29, 0.717) is 19.1 Å². The molecule has 0 fully saturated rings. The van der Waals surface area contributed by atoms with Gasteiger partial charge in [-0.05, 0) is 32.6 Å². The van der Waals surface area contributed by atoms with E-state index in [1.165, 1.54) is 0 Å². The number of ether oxygens (including phenoxy) is 1. The van der Waals surface area contributed by atoms with E-state index < -0.39 is 0 Å². The van der Waals surface area contributed by atoms with Crippen LogP contribution in [0.4, 0.5) is 0 Å². The summed E-state index contributed by atoms with van der Waals surface area (Å²) < 4.78 is 5.45. The number of nitrogens with one attached hydrogen (secondary N) is 2. The van der Waals surface area contributed by atoms with E-state index >= 15 is 0 Å². The van der Waals surface area contributed by atoms with Crippen molar-refractivity contribution in [3.05, 3.63) is 0 Å². The van der Waals surface area contributed by atoms with Crippen LogP contribution in [0.15, 0.2) is 0 Å². The van der Waals surface area contributed by atoms with E-state index in [2.05, 4.69) is 31.4 Å². The van der Waals surface area contributed by atoms with Crippen LogP contribution in [0.5, 0.6) is 0 Å². The molecule has 0 atom stereocenters. The topological polar surface area (TPSA) is 50.4 Å². The lowest BCUT2D eigenvalue weighted by Crippen LogP contribution is -2.46. The SMILES string of the molecule is CCC(C)(C)NC(=O)CNCCOCCC(C)C. The van der Waals surface area contributed by atoms with Crippen molar-refractivity contribution < 1.29 is 9.53 Å². The number of hydrogen-bond acceptors (Lipinski definition) is 3. The van der Waals surface area contributed by atoms with E-state index in [1.807, 2.05) is 13.8 Å². The van der Waals surface area contributed by atoms with Gasteiger partial charge in [0.2, 0.25) is 5.91 Å². The van der Waals surface area contributed by atoms with Gasteiger partial charge in [0.05, 0.1) is 13.2 Å². The Kier molecular flexibility index (Phi) is 9.02. The van der Waals surface area contributed by atoms with Crippen LogP contribution in [0.2, 0.25) is 0 Å². The molecule has 0 radical (unpaired) electrons. The lowest BCUT2D eigenvalue weighted by molar-refractivity contribution is -0.121. The molecule has 0 spiro atoms. The van der Waals surface area contributed by atoms with E-state index in [-0.39, 0.29) is 11.4 Å². The standard InChI is InChI=1S/C14H30N2O2/c1-6-14(4,5)16-13(17)11-15-8-10-18-9-7-12(2)3/h12,15H,6-11H2,1-5H3,(H,16,17). The molecule has 0 saturated heterocycles. The molecule has 0 aromatic heterocycles. The number of amides is 1. The predicted octanol–water partition coefficient (Wildman–Crippen LogP) is 1.94. The van der Waals surface area contributed by atoms with Crippen LogP contribution in [0.1, 0.15) is 47.5 Å². The van der Waals surface area contributed by atoms with Crippen molar-refractivity contribution in [3.8, 4) is 0 Å². The monoisotopic (exact) mass is 258 g/mol. The Morgan fingerprint density at radius 2 is 1.94 bits per heavy atom. The Morgan fingerprint density at radius 1 is 1.28 bits per heavy atom. The molecule has 18 heavy (non-hydrogen) atoms. The molecular weight excluding hydrogens is 228 g/mol.